The topological polar surface area (TPSA) is 61.8 Å². The van der Waals surface area contributed by atoms with Crippen LogP contribution in [0.15, 0.2) is 0 Å². The normalized spacial score (nSPS) is 34.3. The summed E-state index contributed by atoms with van der Waals surface area (Å²) in [6.07, 6.45) is 8.55. The van der Waals surface area contributed by atoms with Gasteiger partial charge in [0.2, 0.25) is 0 Å². The van der Waals surface area contributed by atoms with E-state index in [0.29, 0.717) is 31.5 Å². The number of likely N-dealkylation sites (tertiary alicyclic amines) is 1. The summed E-state index contributed by atoms with van der Waals surface area (Å²) >= 11 is 0. The molecular weight excluding hydrogens is 292 g/mol. The number of carbonyl (C=O) groups is 1. The van der Waals surface area contributed by atoms with E-state index in [1.54, 1.807) is 0 Å². The minimum Gasteiger partial charge on any atom is -0.389 e. The molecule has 3 rings (SSSR count). The molecule has 5 nitrogen and oxygen atoms in total. The molecule has 1 saturated carbocycles. The van der Waals surface area contributed by atoms with Gasteiger partial charge in [-0.3, -0.25) is 0 Å². The lowest BCUT2D eigenvalue weighted by Crippen LogP contribution is -2.59. The van der Waals surface area contributed by atoms with Crippen molar-refractivity contribution in [2.24, 2.45) is 11.8 Å². The van der Waals surface area contributed by atoms with Gasteiger partial charge in [0.25, 0.3) is 0 Å². The molecule has 23 heavy (non-hydrogen) atoms. The van der Waals surface area contributed by atoms with Crippen LogP contribution in [0.2, 0.25) is 0 Å². The van der Waals surface area contributed by atoms with Crippen LogP contribution in [0.4, 0.5) is 4.79 Å². The van der Waals surface area contributed by atoms with E-state index in [9.17, 15) is 9.90 Å². The van der Waals surface area contributed by atoms with E-state index in [2.05, 4.69) is 12.2 Å². The molecule has 2 saturated heterocycles. The molecule has 0 radical (unpaired) electrons. The quantitative estimate of drug-likeness (QED) is 0.820. The van der Waals surface area contributed by atoms with E-state index in [4.69, 9.17) is 4.74 Å². The third-order valence-electron chi connectivity index (χ3n) is 6.28. The number of piperidine rings is 1. The van der Waals surface area contributed by atoms with Crippen molar-refractivity contribution >= 4 is 6.03 Å². The number of hydrogen-bond acceptors (Lipinski definition) is 3. The van der Waals surface area contributed by atoms with Gasteiger partial charge in [-0.15, -0.1) is 0 Å². The Bertz CT molecular complexity index is 405. The molecule has 0 aromatic rings. The van der Waals surface area contributed by atoms with Gasteiger partial charge in [-0.05, 0) is 38.0 Å². The second-order valence-electron chi connectivity index (χ2n) is 7.76. The van der Waals surface area contributed by atoms with Crippen molar-refractivity contribution in [2.45, 2.75) is 69.9 Å². The zero-order chi connectivity index (χ0) is 16.3. The first kappa shape index (κ1) is 17.0. The van der Waals surface area contributed by atoms with Crippen LogP contribution in [0, 0.1) is 11.8 Å². The molecule has 0 spiro atoms. The van der Waals surface area contributed by atoms with E-state index >= 15 is 0 Å². The maximum Gasteiger partial charge on any atom is 0.317 e. The Balaban J connectivity index is 1.53. The van der Waals surface area contributed by atoms with Gasteiger partial charge in [0.05, 0.1) is 5.60 Å². The van der Waals surface area contributed by atoms with Gasteiger partial charge >= 0.3 is 6.03 Å². The van der Waals surface area contributed by atoms with E-state index in [0.717, 1.165) is 38.9 Å². The van der Waals surface area contributed by atoms with Crippen molar-refractivity contribution < 1.29 is 14.6 Å². The lowest BCUT2D eigenvalue weighted by atomic mass is 9.70. The number of aliphatic hydroxyl groups is 1. The molecule has 0 aromatic heterocycles. The van der Waals surface area contributed by atoms with Crippen LogP contribution in [0.25, 0.3) is 0 Å². The van der Waals surface area contributed by atoms with Crippen molar-refractivity contribution in [1.29, 1.82) is 0 Å². The molecule has 2 unspecified atom stereocenters. The number of nitrogens with zero attached hydrogens (tertiary/aromatic N) is 1. The van der Waals surface area contributed by atoms with Crippen LogP contribution in [0.5, 0.6) is 0 Å². The first-order valence-electron chi connectivity index (χ1n) is 9.45. The van der Waals surface area contributed by atoms with Crippen molar-refractivity contribution in [2.75, 3.05) is 26.3 Å². The highest BCUT2D eigenvalue weighted by Crippen LogP contribution is 2.39. The number of carbonyl (C=O) groups excluding carboxylic acids is 1. The number of nitrogens with one attached hydrogen (secondary N) is 1. The van der Waals surface area contributed by atoms with Crippen LogP contribution in [-0.2, 0) is 4.74 Å². The zero-order valence-corrected chi connectivity index (χ0v) is 14.4. The van der Waals surface area contributed by atoms with Gasteiger partial charge < -0.3 is 20.1 Å². The highest BCUT2D eigenvalue weighted by atomic mass is 16.5. The van der Waals surface area contributed by atoms with Gasteiger partial charge in [0.15, 0.2) is 0 Å². The number of ether oxygens (including phenoxy) is 1. The second-order valence-corrected chi connectivity index (χ2v) is 7.76. The van der Waals surface area contributed by atoms with Crippen molar-refractivity contribution in [3.05, 3.63) is 0 Å². The summed E-state index contributed by atoms with van der Waals surface area (Å²) in [5.74, 6) is 0.436. The van der Waals surface area contributed by atoms with Crippen molar-refractivity contribution in [3.63, 3.8) is 0 Å². The average Bonchev–Trinajstić information content (AvgIpc) is 2.59. The summed E-state index contributed by atoms with van der Waals surface area (Å²) in [5.41, 5.74) is -0.634. The van der Waals surface area contributed by atoms with E-state index < -0.39 is 5.60 Å². The lowest BCUT2D eigenvalue weighted by molar-refractivity contribution is -0.125. The first-order valence-corrected chi connectivity index (χ1v) is 9.45. The van der Waals surface area contributed by atoms with Crippen molar-refractivity contribution in [3.8, 4) is 0 Å². The third-order valence-corrected chi connectivity index (χ3v) is 6.28. The molecule has 3 aliphatic rings. The summed E-state index contributed by atoms with van der Waals surface area (Å²) < 4.78 is 5.43. The fourth-order valence-corrected chi connectivity index (χ4v) is 4.64. The molecule has 2 amide bonds. The molecule has 132 valence electrons. The molecule has 1 aliphatic carbocycles. The van der Waals surface area contributed by atoms with Crippen LogP contribution in [-0.4, -0.2) is 54.0 Å². The Labute approximate surface area is 139 Å². The number of amides is 2. The monoisotopic (exact) mass is 324 g/mol. The fourth-order valence-electron chi connectivity index (χ4n) is 4.64. The summed E-state index contributed by atoms with van der Waals surface area (Å²) in [5, 5.41) is 14.4. The Morgan fingerprint density at radius 2 is 1.87 bits per heavy atom. The standard InChI is InChI=1S/C18H32N2O3/c1-14-13-20(17(21)19-16-5-3-2-4-6-16)10-9-18(14,22)15-7-11-23-12-8-15/h14-16,22H,2-13H2,1H3,(H,19,21). The van der Waals surface area contributed by atoms with Gasteiger partial charge in [-0.25, -0.2) is 4.79 Å². The lowest BCUT2D eigenvalue weighted by Gasteiger charge is -2.48. The number of urea groups is 1. The van der Waals surface area contributed by atoms with Gasteiger partial charge in [0, 0.05) is 38.3 Å². The summed E-state index contributed by atoms with van der Waals surface area (Å²) in [7, 11) is 0. The van der Waals surface area contributed by atoms with E-state index in [1.165, 1.54) is 19.3 Å². The highest BCUT2D eigenvalue weighted by molar-refractivity contribution is 5.74. The van der Waals surface area contributed by atoms with E-state index in [1.807, 2.05) is 4.90 Å². The summed E-state index contributed by atoms with van der Waals surface area (Å²) in [4.78, 5) is 14.4. The minimum atomic E-state index is -0.634. The van der Waals surface area contributed by atoms with Crippen LogP contribution in [0.1, 0.15) is 58.3 Å². The molecule has 0 bridgehead atoms. The van der Waals surface area contributed by atoms with Gasteiger partial charge in [0.1, 0.15) is 0 Å². The predicted molar refractivity (Wildman–Crippen MR) is 89.3 cm³/mol. The molecule has 3 fully saturated rings. The Morgan fingerprint density at radius 3 is 2.52 bits per heavy atom. The fraction of sp³-hybridized carbons (Fsp3) is 0.944. The Kier molecular flexibility index (Phi) is 5.47. The SMILES string of the molecule is CC1CN(C(=O)NC2CCCCC2)CCC1(O)C1CCOCC1. The maximum atomic E-state index is 12.5. The largest absolute Gasteiger partial charge is 0.389 e. The van der Waals surface area contributed by atoms with Gasteiger partial charge in [-0.2, -0.15) is 0 Å². The average molecular weight is 324 g/mol. The molecule has 2 N–H and O–H groups in total. The molecule has 2 aliphatic heterocycles. The second kappa shape index (κ2) is 7.39. The first-order chi connectivity index (χ1) is 11.1. The third kappa shape index (κ3) is 3.82. The van der Waals surface area contributed by atoms with Gasteiger partial charge in [-0.1, -0.05) is 26.2 Å². The van der Waals surface area contributed by atoms with Crippen molar-refractivity contribution in [1.82, 2.24) is 10.2 Å². The molecule has 2 heterocycles. The smallest absolute Gasteiger partial charge is 0.317 e. The Hall–Kier alpha value is -0.810. The summed E-state index contributed by atoms with van der Waals surface area (Å²) in [6.45, 7) is 4.93. The Morgan fingerprint density at radius 1 is 1.17 bits per heavy atom. The molecule has 0 aromatic carbocycles. The summed E-state index contributed by atoms with van der Waals surface area (Å²) in [6, 6.07) is 0.417. The molecule has 5 heteroatoms. The zero-order valence-electron chi connectivity index (χ0n) is 14.4. The van der Waals surface area contributed by atoms with Crippen LogP contribution < -0.4 is 5.32 Å². The molecular formula is C18H32N2O3. The molecule has 2 atom stereocenters. The highest BCUT2D eigenvalue weighted by Gasteiger charge is 2.46. The minimum absolute atomic E-state index is 0.0674. The van der Waals surface area contributed by atoms with Crippen LogP contribution in [0.3, 0.4) is 0 Å². The predicted octanol–water partition coefficient (Wildman–Crippen LogP) is 2.53. The number of hydrogen-bond donors (Lipinski definition) is 2. The number of rotatable bonds is 2. The maximum absolute atomic E-state index is 12.5. The van der Waals surface area contributed by atoms with E-state index in [-0.39, 0.29) is 11.9 Å². The van der Waals surface area contributed by atoms with Crippen LogP contribution >= 0.6 is 0 Å².